The number of amides is 1. The molecule has 94 valence electrons. The van der Waals surface area contributed by atoms with Crippen LogP contribution in [-0.4, -0.2) is 37.2 Å². The summed E-state index contributed by atoms with van der Waals surface area (Å²) >= 11 is 0. The second-order valence-electron chi connectivity index (χ2n) is 3.84. The molecule has 0 spiro atoms. The zero-order valence-electron chi connectivity index (χ0n) is 10.5. The van der Waals surface area contributed by atoms with Crippen LogP contribution in [-0.2, 0) is 9.53 Å². The van der Waals surface area contributed by atoms with Crippen molar-refractivity contribution in [2.24, 2.45) is 0 Å². The molecule has 1 rings (SSSR count). The molecule has 1 unspecified atom stereocenters. The summed E-state index contributed by atoms with van der Waals surface area (Å²) in [7, 11) is 1.61. The molecule has 0 aliphatic heterocycles. The number of methoxy groups -OCH3 is 1. The lowest BCUT2D eigenvalue weighted by Crippen LogP contribution is -2.39. The number of hydrogen-bond donors (Lipinski definition) is 2. The number of hydrogen-bond acceptors (Lipinski definition) is 4. The molecule has 0 aliphatic rings. The van der Waals surface area contributed by atoms with Crippen LogP contribution >= 0.6 is 0 Å². The molecule has 1 heterocycles. The second-order valence-corrected chi connectivity index (χ2v) is 3.84. The minimum absolute atomic E-state index is 0.0433. The van der Waals surface area contributed by atoms with Crippen molar-refractivity contribution < 1.29 is 9.53 Å². The van der Waals surface area contributed by atoms with E-state index in [1.165, 1.54) is 0 Å². The molecule has 1 amide bonds. The number of pyridine rings is 1. The van der Waals surface area contributed by atoms with Crippen molar-refractivity contribution >= 4 is 11.6 Å². The van der Waals surface area contributed by atoms with Crippen molar-refractivity contribution in [2.75, 3.05) is 25.6 Å². The summed E-state index contributed by atoms with van der Waals surface area (Å²) in [6.07, 6.45) is 3.46. The molecule has 0 bridgehead atoms. The molecule has 1 atom stereocenters. The molecular weight excluding hydrogens is 218 g/mol. The molecule has 0 radical (unpaired) electrons. The maximum absolute atomic E-state index is 11.7. The summed E-state index contributed by atoms with van der Waals surface area (Å²) in [5.74, 6) is -0.0433. The van der Waals surface area contributed by atoms with Crippen LogP contribution in [0.3, 0.4) is 0 Å². The standard InChI is InChI=1S/C12H19N3O2/c1-9-8-13-5-4-11(9)15-10(2)12(16)14-6-7-17-3/h4-5,8,10H,6-7H2,1-3H3,(H,13,15)(H,14,16). The number of aromatic nitrogens is 1. The number of carbonyl (C=O) groups excluding carboxylic acids is 1. The van der Waals surface area contributed by atoms with Gasteiger partial charge in [0.05, 0.1) is 6.61 Å². The lowest BCUT2D eigenvalue weighted by atomic mass is 10.2. The van der Waals surface area contributed by atoms with Gasteiger partial charge in [0.2, 0.25) is 5.91 Å². The number of aryl methyl sites for hydroxylation is 1. The van der Waals surface area contributed by atoms with E-state index in [0.29, 0.717) is 13.2 Å². The van der Waals surface area contributed by atoms with Gasteiger partial charge in [0.1, 0.15) is 6.04 Å². The molecule has 1 aromatic heterocycles. The van der Waals surface area contributed by atoms with Gasteiger partial charge in [0.15, 0.2) is 0 Å². The number of anilines is 1. The number of rotatable bonds is 6. The van der Waals surface area contributed by atoms with E-state index in [1.54, 1.807) is 19.5 Å². The van der Waals surface area contributed by atoms with Gasteiger partial charge in [-0.2, -0.15) is 0 Å². The molecular formula is C12H19N3O2. The zero-order valence-corrected chi connectivity index (χ0v) is 10.5. The zero-order chi connectivity index (χ0) is 12.7. The van der Waals surface area contributed by atoms with Gasteiger partial charge in [-0.05, 0) is 25.5 Å². The molecule has 1 aromatic rings. The van der Waals surface area contributed by atoms with Crippen LogP contribution in [0.5, 0.6) is 0 Å². The SMILES string of the molecule is COCCNC(=O)C(C)Nc1ccncc1C. The Morgan fingerprint density at radius 2 is 2.35 bits per heavy atom. The highest BCUT2D eigenvalue weighted by Gasteiger charge is 2.12. The van der Waals surface area contributed by atoms with E-state index in [-0.39, 0.29) is 11.9 Å². The minimum atomic E-state index is -0.284. The third kappa shape index (κ3) is 4.40. The lowest BCUT2D eigenvalue weighted by molar-refractivity contribution is -0.121. The third-order valence-electron chi connectivity index (χ3n) is 2.39. The highest BCUT2D eigenvalue weighted by molar-refractivity contribution is 5.84. The van der Waals surface area contributed by atoms with Gasteiger partial charge >= 0.3 is 0 Å². The van der Waals surface area contributed by atoms with Gasteiger partial charge in [-0.1, -0.05) is 0 Å². The van der Waals surface area contributed by atoms with E-state index in [0.717, 1.165) is 11.3 Å². The highest BCUT2D eigenvalue weighted by atomic mass is 16.5. The van der Waals surface area contributed by atoms with Crippen molar-refractivity contribution in [1.29, 1.82) is 0 Å². The predicted octanol–water partition coefficient (Wildman–Crippen LogP) is 0.953. The lowest BCUT2D eigenvalue weighted by Gasteiger charge is -2.16. The normalized spacial score (nSPS) is 11.9. The maximum Gasteiger partial charge on any atom is 0.242 e. The van der Waals surface area contributed by atoms with E-state index >= 15 is 0 Å². The van der Waals surface area contributed by atoms with E-state index in [9.17, 15) is 4.79 Å². The van der Waals surface area contributed by atoms with Crippen molar-refractivity contribution in [3.63, 3.8) is 0 Å². The van der Waals surface area contributed by atoms with Crippen LogP contribution in [0.2, 0.25) is 0 Å². The molecule has 0 saturated heterocycles. The monoisotopic (exact) mass is 237 g/mol. The van der Waals surface area contributed by atoms with Crippen LogP contribution in [0.1, 0.15) is 12.5 Å². The number of carbonyl (C=O) groups is 1. The molecule has 0 saturated carbocycles. The second kappa shape index (κ2) is 6.85. The molecule has 2 N–H and O–H groups in total. The third-order valence-corrected chi connectivity index (χ3v) is 2.39. The quantitative estimate of drug-likeness (QED) is 0.723. The first-order valence-electron chi connectivity index (χ1n) is 5.59. The Morgan fingerprint density at radius 3 is 3.00 bits per heavy atom. The minimum Gasteiger partial charge on any atom is -0.383 e. The molecule has 0 aliphatic carbocycles. The summed E-state index contributed by atoms with van der Waals surface area (Å²) in [5, 5.41) is 5.92. The summed E-state index contributed by atoms with van der Waals surface area (Å²) < 4.78 is 4.87. The maximum atomic E-state index is 11.7. The van der Waals surface area contributed by atoms with Gasteiger partial charge in [-0.25, -0.2) is 0 Å². The fraction of sp³-hybridized carbons (Fsp3) is 0.500. The summed E-state index contributed by atoms with van der Waals surface area (Å²) in [6, 6.07) is 1.57. The Hall–Kier alpha value is -1.62. The highest BCUT2D eigenvalue weighted by Crippen LogP contribution is 2.12. The average Bonchev–Trinajstić information content (AvgIpc) is 2.32. The Labute approximate surface area is 102 Å². The van der Waals surface area contributed by atoms with E-state index < -0.39 is 0 Å². The Bertz CT molecular complexity index is 369. The van der Waals surface area contributed by atoms with Crippen molar-refractivity contribution in [3.8, 4) is 0 Å². The molecule has 0 fully saturated rings. The van der Waals surface area contributed by atoms with Crippen LogP contribution in [0, 0.1) is 6.92 Å². The van der Waals surface area contributed by atoms with Crippen LogP contribution < -0.4 is 10.6 Å². The van der Waals surface area contributed by atoms with Crippen LogP contribution in [0.15, 0.2) is 18.5 Å². The summed E-state index contributed by atoms with van der Waals surface area (Å²) in [4.78, 5) is 15.7. The summed E-state index contributed by atoms with van der Waals surface area (Å²) in [5.41, 5.74) is 1.94. The summed E-state index contributed by atoms with van der Waals surface area (Å²) in [6.45, 7) is 4.82. The van der Waals surface area contributed by atoms with Gasteiger partial charge in [0, 0.05) is 31.7 Å². The molecule has 17 heavy (non-hydrogen) atoms. The average molecular weight is 237 g/mol. The predicted molar refractivity (Wildman–Crippen MR) is 66.9 cm³/mol. The van der Waals surface area contributed by atoms with Crippen LogP contribution in [0.4, 0.5) is 5.69 Å². The van der Waals surface area contributed by atoms with Crippen molar-refractivity contribution in [2.45, 2.75) is 19.9 Å². The van der Waals surface area contributed by atoms with E-state index in [4.69, 9.17) is 4.74 Å². The first kappa shape index (κ1) is 13.4. The van der Waals surface area contributed by atoms with Gasteiger partial charge in [-0.15, -0.1) is 0 Å². The fourth-order valence-corrected chi connectivity index (χ4v) is 1.36. The largest absolute Gasteiger partial charge is 0.383 e. The Morgan fingerprint density at radius 1 is 1.59 bits per heavy atom. The molecule has 0 aromatic carbocycles. The fourth-order valence-electron chi connectivity index (χ4n) is 1.36. The first-order valence-corrected chi connectivity index (χ1v) is 5.59. The van der Waals surface area contributed by atoms with Crippen molar-refractivity contribution in [3.05, 3.63) is 24.0 Å². The number of ether oxygens (including phenoxy) is 1. The number of nitrogens with zero attached hydrogens (tertiary/aromatic N) is 1. The smallest absolute Gasteiger partial charge is 0.242 e. The van der Waals surface area contributed by atoms with E-state index in [2.05, 4.69) is 15.6 Å². The van der Waals surface area contributed by atoms with Gasteiger partial charge in [0.25, 0.3) is 0 Å². The van der Waals surface area contributed by atoms with E-state index in [1.807, 2.05) is 19.9 Å². The van der Waals surface area contributed by atoms with Crippen LogP contribution in [0.25, 0.3) is 0 Å². The molecule has 5 heteroatoms. The Kier molecular flexibility index (Phi) is 5.42. The van der Waals surface area contributed by atoms with Gasteiger partial charge in [-0.3, -0.25) is 9.78 Å². The number of nitrogens with one attached hydrogen (secondary N) is 2. The Balaban J connectivity index is 2.46. The van der Waals surface area contributed by atoms with Crippen molar-refractivity contribution in [1.82, 2.24) is 10.3 Å². The van der Waals surface area contributed by atoms with Gasteiger partial charge < -0.3 is 15.4 Å². The molecule has 5 nitrogen and oxygen atoms in total. The first-order chi connectivity index (χ1) is 8.15. The topological polar surface area (TPSA) is 63.2 Å².